The van der Waals surface area contributed by atoms with Gasteiger partial charge in [-0.1, -0.05) is 6.07 Å². The number of rotatable bonds is 5. The normalized spacial score (nSPS) is 9.84. The van der Waals surface area contributed by atoms with Crippen molar-refractivity contribution in [2.24, 2.45) is 0 Å². The Morgan fingerprint density at radius 1 is 0.960 bits per heavy atom. The van der Waals surface area contributed by atoms with Crippen LogP contribution in [0.15, 0.2) is 48.5 Å². The van der Waals surface area contributed by atoms with E-state index in [4.69, 9.17) is 9.47 Å². The van der Waals surface area contributed by atoms with Crippen molar-refractivity contribution in [1.29, 1.82) is 0 Å². The van der Waals surface area contributed by atoms with E-state index in [1.54, 1.807) is 25.1 Å². The molecule has 0 spiro atoms. The predicted molar refractivity (Wildman–Crippen MR) is 89.8 cm³/mol. The molecule has 25 heavy (non-hydrogen) atoms. The van der Waals surface area contributed by atoms with Crippen LogP contribution in [0.25, 0.3) is 0 Å². The van der Waals surface area contributed by atoms with E-state index in [-0.39, 0.29) is 17.9 Å². The minimum Gasteiger partial charge on any atom is -0.465 e. The quantitative estimate of drug-likeness (QED) is 0.662. The Morgan fingerprint density at radius 2 is 1.68 bits per heavy atom. The zero-order valence-corrected chi connectivity index (χ0v) is 13.8. The molecule has 0 heterocycles. The van der Waals surface area contributed by atoms with Gasteiger partial charge in [0.2, 0.25) is 0 Å². The van der Waals surface area contributed by atoms with Gasteiger partial charge in [0.05, 0.1) is 24.8 Å². The van der Waals surface area contributed by atoms with Crippen LogP contribution in [0.4, 0.5) is 10.5 Å². The second-order valence-corrected chi connectivity index (χ2v) is 4.83. The highest BCUT2D eigenvalue weighted by Crippen LogP contribution is 2.17. The van der Waals surface area contributed by atoms with Crippen LogP contribution in [0, 0.1) is 0 Å². The van der Waals surface area contributed by atoms with Crippen molar-refractivity contribution >= 4 is 23.7 Å². The van der Waals surface area contributed by atoms with E-state index < -0.39 is 18.0 Å². The lowest BCUT2D eigenvalue weighted by molar-refractivity contribution is 0.0600. The highest BCUT2D eigenvalue weighted by atomic mass is 16.5. The molecule has 2 aromatic rings. The average Bonchev–Trinajstić information content (AvgIpc) is 2.62. The average molecular weight is 343 g/mol. The Morgan fingerprint density at radius 3 is 2.32 bits per heavy atom. The van der Waals surface area contributed by atoms with Gasteiger partial charge in [0, 0.05) is 5.69 Å². The van der Waals surface area contributed by atoms with Gasteiger partial charge in [-0.2, -0.15) is 0 Å². The molecular formula is C18H17NO6. The minimum atomic E-state index is -0.605. The van der Waals surface area contributed by atoms with Crippen LogP contribution < -0.4 is 10.1 Å². The molecule has 0 aliphatic carbocycles. The van der Waals surface area contributed by atoms with Crippen molar-refractivity contribution in [3.63, 3.8) is 0 Å². The molecule has 0 radical (unpaired) electrons. The highest BCUT2D eigenvalue weighted by Gasteiger charge is 2.12. The second-order valence-electron chi connectivity index (χ2n) is 4.83. The maximum atomic E-state index is 12.2. The lowest BCUT2D eigenvalue weighted by atomic mass is 10.2. The fraction of sp³-hybridized carbons (Fsp3) is 0.167. The number of amides is 1. The van der Waals surface area contributed by atoms with Crippen LogP contribution in [0.2, 0.25) is 0 Å². The maximum absolute atomic E-state index is 12.2. The molecule has 0 aliphatic heterocycles. The van der Waals surface area contributed by atoms with Gasteiger partial charge in [0.25, 0.3) is 0 Å². The Kier molecular flexibility index (Phi) is 6.11. The van der Waals surface area contributed by atoms with Crippen LogP contribution in [0.3, 0.4) is 0 Å². The number of hydrogen-bond acceptors (Lipinski definition) is 6. The summed E-state index contributed by atoms with van der Waals surface area (Å²) in [6.45, 7) is 1.94. The Bertz CT molecular complexity index is 769. The molecule has 0 bridgehead atoms. The molecule has 130 valence electrons. The molecule has 0 atom stereocenters. The lowest BCUT2D eigenvalue weighted by Crippen LogP contribution is -2.14. The molecule has 1 N–H and O–H groups in total. The molecule has 2 rings (SSSR count). The summed E-state index contributed by atoms with van der Waals surface area (Å²) in [5.74, 6) is -0.796. The van der Waals surface area contributed by atoms with Gasteiger partial charge in [-0.15, -0.1) is 0 Å². The fourth-order valence-electron chi connectivity index (χ4n) is 1.95. The SMILES string of the molecule is CCOC(=O)Nc1cccc(C(=O)Oc2ccc(C(=O)OC)cc2)c1. The van der Waals surface area contributed by atoms with E-state index in [1.807, 2.05) is 0 Å². The third-order valence-corrected chi connectivity index (χ3v) is 3.11. The summed E-state index contributed by atoms with van der Waals surface area (Å²) in [7, 11) is 1.29. The molecule has 0 aromatic heterocycles. The van der Waals surface area contributed by atoms with Gasteiger partial charge in [0.15, 0.2) is 0 Å². The number of ether oxygens (including phenoxy) is 3. The van der Waals surface area contributed by atoms with E-state index in [0.29, 0.717) is 11.3 Å². The molecule has 1 amide bonds. The van der Waals surface area contributed by atoms with E-state index in [0.717, 1.165) is 0 Å². The van der Waals surface area contributed by atoms with Crippen molar-refractivity contribution in [1.82, 2.24) is 0 Å². The van der Waals surface area contributed by atoms with E-state index in [9.17, 15) is 14.4 Å². The Hall–Kier alpha value is -3.35. The van der Waals surface area contributed by atoms with E-state index >= 15 is 0 Å². The van der Waals surface area contributed by atoms with Crippen LogP contribution >= 0.6 is 0 Å². The molecular weight excluding hydrogens is 326 g/mol. The first-order chi connectivity index (χ1) is 12.0. The van der Waals surface area contributed by atoms with Crippen molar-refractivity contribution in [3.8, 4) is 5.75 Å². The first-order valence-corrected chi connectivity index (χ1v) is 7.48. The minimum absolute atomic E-state index is 0.245. The summed E-state index contributed by atoms with van der Waals surface area (Å²) in [6, 6.07) is 12.2. The van der Waals surface area contributed by atoms with E-state index in [1.165, 1.54) is 37.4 Å². The van der Waals surface area contributed by atoms with E-state index in [2.05, 4.69) is 10.1 Å². The van der Waals surface area contributed by atoms with Gasteiger partial charge in [-0.3, -0.25) is 5.32 Å². The van der Waals surface area contributed by atoms with Crippen LogP contribution in [-0.2, 0) is 9.47 Å². The Labute approximate surface area is 144 Å². The summed E-state index contributed by atoms with van der Waals surface area (Å²) in [4.78, 5) is 35.0. The molecule has 7 nitrogen and oxygen atoms in total. The van der Waals surface area contributed by atoms with Gasteiger partial charge < -0.3 is 14.2 Å². The smallest absolute Gasteiger partial charge is 0.411 e. The van der Waals surface area contributed by atoms with Crippen molar-refractivity contribution in [3.05, 3.63) is 59.7 Å². The first kappa shape index (κ1) is 18.0. The zero-order chi connectivity index (χ0) is 18.2. The first-order valence-electron chi connectivity index (χ1n) is 7.48. The number of carbonyl (C=O) groups excluding carboxylic acids is 3. The number of nitrogens with one attached hydrogen (secondary N) is 1. The maximum Gasteiger partial charge on any atom is 0.411 e. The summed E-state index contributed by atoms with van der Waals surface area (Å²) < 4.78 is 14.6. The molecule has 0 aliphatic rings. The van der Waals surface area contributed by atoms with Crippen molar-refractivity contribution < 1.29 is 28.6 Å². The summed E-state index contributed by atoms with van der Waals surface area (Å²) in [5, 5.41) is 2.51. The molecule has 0 unspecified atom stereocenters. The molecule has 2 aromatic carbocycles. The fourth-order valence-corrected chi connectivity index (χ4v) is 1.95. The van der Waals surface area contributed by atoms with Crippen molar-refractivity contribution in [2.75, 3.05) is 19.0 Å². The van der Waals surface area contributed by atoms with Crippen LogP contribution in [0.5, 0.6) is 5.75 Å². The third-order valence-electron chi connectivity index (χ3n) is 3.11. The topological polar surface area (TPSA) is 90.9 Å². The number of methoxy groups -OCH3 is 1. The van der Waals surface area contributed by atoms with Gasteiger partial charge in [-0.25, -0.2) is 14.4 Å². The van der Waals surface area contributed by atoms with Crippen molar-refractivity contribution in [2.45, 2.75) is 6.92 Å². The molecule has 0 saturated carbocycles. The molecule has 0 fully saturated rings. The van der Waals surface area contributed by atoms with Crippen LogP contribution in [0.1, 0.15) is 27.6 Å². The third kappa shape index (κ3) is 5.07. The van der Waals surface area contributed by atoms with Crippen LogP contribution in [-0.4, -0.2) is 31.7 Å². The molecule has 0 saturated heterocycles. The predicted octanol–water partition coefficient (Wildman–Crippen LogP) is 3.26. The largest absolute Gasteiger partial charge is 0.465 e. The summed E-state index contributed by atoms with van der Waals surface area (Å²) >= 11 is 0. The number of esters is 2. The van der Waals surface area contributed by atoms with Gasteiger partial charge in [0.1, 0.15) is 5.75 Å². The number of anilines is 1. The summed E-state index contributed by atoms with van der Waals surface area (Å²) in [5.41, 5.74) is 1.02. The number of benzene rings is 2. The summed E-state index contributed by atoms with van der Waals surface area (Å²) in [6.07, 6.45) is -0.605. The second kappa shape index (κ2) is 8.49. The zero-order valence-electron chi connectivity index (χ0n) is 13.8. The highest BCUT2D eigenvalue weighted by molar-refractivity contribution is 5.94. The number of carbonyl (C=O) groups is 3. The Balaban J connectivity index is 2.05. The van der Waals surface area contributed by atoms with Gasteiger partial charge >= 0.3 is 18.0 Å². The van der Waals surface area contributed by atoms with Gasteiger partial charge in [-0.05, 0) is 49.4 Å². The standard InChI is InChI=1S/C18H17NO6/c1-3-24-18(22)19-14-6-4-5-13(11-14)17(21)25-15-9-7-12(8-10-15)16(20)23-2/h4-11H,3H2,1-2H3,(H,19,22). The monoisotopic (exact) mass is 343 g/mol. The lowest BCUT2D eigenvalue weighted by Gasteiger charge is -2.08. The molecule has 7 heteroatoms. The number of hydrogen-bond donors (Lipinski definition) is 1.